The molecule has 0 aromatic heterocycles. The molecule has 2 rings (SSSR count). The number of halogens is 1. The smallest absolute Gasteiger partial charge is 0.223 e. The minimum atomic E-state index is 0.197. The first kappa shape index (κ1) is 12.9. The van der Waals surface area contributed by atoms with Gasteiger partial charge in [0, 0.05) is 24.5 Å². The third kappa shape index (κ3) is 2.65. The van der Waals surface area contributed by atoms with Crippen LogP contribution in [0.4, 0.5) is 0 Å². The summed E-state index contributed by atoms with van der Waals surface area (Å²) >= 11 is 6.12. The second kappa shape index (κ2) is 5.41. The highest BCUT2D eigenvalue weighted by Gasteiger charge is 2.28. The van der Waals surface area contributed by atoms with Crippen molar-refractivity contribution in [2.75, 3.05) is 6.54 Å². The Labute approximate surface area is 112 Å². The van der Waals surface area contributed by atoms with Crippen LogP contribution in [0.25, 0.3) is 0 Å². The Morgan fingerprint density at radius 3 is 2.89 bits per heavy atom. The Morgan fingerprint density at radius 1 is 1.56 bits per heavy atom. The molecule has 3 nitrogen and oxygen atoms in total. The Kier molecular flexibility index (Phi) is 3.88. The Morgan fingerprint density at radius 2 is 2.33 bits per heavy atom. The molecule has 0 aliphatic carbocycles. The summed E-state index contributed by atoms with van der Waals surface area (Å²) in [5.41, 5.74) is 1.45. The summed E-state index contributed by atoms with van der Waals surface area (Å²) in [6.07, 6.45) is 1.67. The molecule has 0 radical (unpaired) electrons. The minimum absolute atomic E-state index is 0.197. The van der Waals surface area contributed by atoms with E-state index < -0.39 is 0 Å². The van der Waals surface area contributed by atoms with Crippen LogP contribution in [-0.2, 0) is 11.3 Å². The van der Waals surface area contributed by atoms with E-state index >= 15 is 0 Å². The van der Waals surface area contributed by atoms with Gasteiger partial charge in [-0.1, -0.05) is 31.0 Å². The Hall–Kier alpha value is -1.53. The zero-order valence-corrected chi connectivity index (χ0v) is 11.1. The van der Waals surface area contributed by atoms with Crippen molar-refractivity contribution in [1.29, 1.82) is 5.26 Å². The van der Waals surface area contributed by atoms with Crippen LogP contribution in [0.2, 0.25) is 5.02 Å². The molecular formula is C14H15ClN2O. The molecule has 1 aromatic carbocycles. The summed E-state index contributed by atoms with van der Waals surface area (Å²) in [5, 5.41) is 9.33. The van der Waals surface area contributed by atoms with E-state index in [0.717, 1.165) is 18.5 Å². The molecule has 0 bridgehead atoms. The predicted octanol–water partition coefficient (Wildman–Crippen LogP) is 2.97. The first-order chi connectivity index (χ1) is 8.63. The number of likely N-dealkylation sites (tertiary alicyclic amines) is 1. The number of benzene rings is 1. The summed E-state index contributed by atoms with van der Waals surface area (Å²) in [6.45, 7) is 3.46. The van der Waals surface area contributed by atoms with Crippen molar-refractivity contribution in [3.8, 4) is 6.07 Å². The fourth-order valence-electron chi connectivity index (χ4n) is 2.23. The van der Waals surface area contributed by atoms with Crippen LogP contribution >= 0.6 is 11.6 Å². The minimum Gasteiger partial charge on any atom is -0.338 e. The van der Waals surface area contributed by atoms with E-state index in [1.807, 2.05) is 17.0 Å². The van der Waals surface area contributed by atoms with Gasteiger partial charge in [-0.25, -0.2) is 0 Å². The highest BCUT2D eigenvalue weighted by Crippen LogP contribution is 2.25. The molecule has 1 aliphatic rings. The number of nitrogens with zero attached hydrogens (tertiary/aromatic N) is 2. The summed E-state index contributed by atoms with van der Waals surface area (Å²) in [5.74, 6) is 0.664. The monoisotopic (exact) mass is 262 g/mol. The first-order valence-electron chi connectivity index (χ1n) is 6.10. The molecule has 1 atom stereocenters. The molecule has 1 unspecified atom stereocenters. The number of carbonyl (C=O) groups is 1. The van der Waals surface area contributed by atoms with Crippen LogP contribution in [0.3, 0.4) is 0 Å². The van der Waals surface area contributed by atoms with E-state index in [0.29, 0.717) is 29.5 Å². The van der Waals surface area contributed by atoms with Gasteiger partial charge in [-0.2, -0.15) is 5.26 Å². The van der Waals surface area contributed by atoms with Crippen LogP contribution in [0.15, 0.2) is 18.2 Å². The van der Waals surface area contributed by atoms with Crippen LogP contribution in [0.5, 0.6) is 0 Å². The van der Waals surface area contributed by atoms with Gasteiger partial charge in [0.2, 0.25) is 5.91 Å². The average Bonchev–Trinajstić information content (AvgIpc) is 2.72. The fourth-order valence-corrected chi connectivity index (χ4v) is 2.47. The molecular weight excluding hydrogens is 248 g/mol. The third-order valence-corrected chi connectivity index (χ3v) is 3.77. The van der Waals surface area contributed by atoms with Gasteiger partial charge in [0.15, 0.2) is 0 Å². The highest BCUT2D eigenvalue weighted by atomic mass is 35.5. The molecule has 1 aromatic rings. The lowest BCUT2D eigenvalue weighted by molar-refractivity contribution is -0.128. The van der Waals surface area contributed by atoms with Gasteiger partial charge in [0.05, 0.1) is 11.6 Å². The fraction of sp³-hybridized carbons (Fsp3) is 0.429. The van der Waals surface area contributed by atoms with Crippen molar-refractivity contribution in [1.82, 2.24) is 4.90 Å². The number of nitriles is 1. The van der Waals surface area contributed by atoms with Crippen molar-refractivity contribution in [2.45, 2.75) is 26.3 Å². The molecule has 4 heteroatoms. The highest BCUT2D eigenvalue weighted by molar-refractivity contribution is 6.31. The van der Waals surface area contributed by atoms with Crippen LogP contribution in [0, 0.1) is 17.2 Å². The molecule has 1 saturated heterocycles. The largest absolute Gasteiger partial charge is 0.338 e. The maximum absolute atomic E-state index is 11.8. The van der Waals surface area contributed by atoms with Gasteiger partial charge in [-0.05, 0) is 23.6 Å². The second-order valence-corrected chi connectivity index (χ2v) is 5.08. The Bertz CT molecular complexity index is 507. The van der Waals surface area contributed by atoms with E-state index in [4.69, 9.17) is 16.9 Å². The van der Waals surface area contributed by atoms with E-state index in [1.165, 1.54) is 0 Å². The van der Waals surface area contributed by atoms with E-state index in [1.54, 1.807) is 12.1 Å². The van der Waals surface area contributed by atoms with E-state index in [2.05, 4.69) is 6.92 Å². The van der Waals surface area contributed by atoms with Crippen molar-refractivity contribution < 1.29 is 4.79 Å². The van der Waals surface area contributed by atoms with Crippen molar-refractivity contribution in [3.63, 3.8) is 0 Å². The molecule has 0 saturated carbocycles. The normalized spacial score (nSPS) is 19.1. The van der Waals surface area contributed by atoms with Crippen LogP contribution < -0.4 is 0 Å². The summed E-state index contributed by atoms with van der Waals surface area (Å²) in [7, 11) is 0. The molecule has 1 amide bonds. The molecule has 0 N–H and O–H groups in total. The van der Waals surface area contributed by atoms with Gasteiger partial charge in [-0.15, -0.1) is 0 Å². The number of rotatable bonds is 3. The van der Waals surface area contributed by atoms with Gasteiger partial charge in [0.25, 0.3) is 0 Å². The zero-order chi connectivity index (χ0) is 13.1. The van der Waals surface area contributed by atoms with Crippen molar-refractivity contribution in [3.05, 3.63) is 34.3 Å². The molecule has 1 heterocycles. The van der Waals surface area contributed by atoms with Gasteiger partial charge in [0.1, 0.15) is 0 Å². The number of carbonyl (C=O) groups excluding carboxylic acids is 1. The molecule has 0 spiro atoms. The maximum Gasteiger partial charge on any atom is 0.223 e. The van der Waals surface area contributed by atoms with E-state index in [9.17, 15) is 4.79 Å². The molecule has 18 heavy (non-hydrogen) atoms. The quantitative estimate of drug-likeness (QED) is 0.841. The standard InChI is InChI=1S/C14H15ClN2O/c1-2-10-6-14(18)17(8-10)9-12-4-3-11(7-16)5-13(12)15/h3-5,10H,2,6,8-9H2,1H3. The van der Waals surface area contributed by atoms with Gasteiger partial charge in [-0.3, -0.25) is 4.79 Å². The predicted molar refractivity (Wildman–Crippen MR) is 70.0 cm³/mol. The molecule has 1 aliphatic heterocycles. The third-order valence-electron chi connectivity index (χ3n) is 3.42. The number of hydrogen-bond donors (Lipinski definition) is 0. The Balaban J connectivity index is 2.11. The van der Waals surface area contributed by atoms with Gasteiger partial charge >= 0.3 is 0 Å². The zero-order valence-electron chi connectivity index (χ0n) is 10.3. The number of hydrogen-bond acceptors (Lipinski definition) is 2. The first-order valence-corrected chi connectivity index (χ1v) is 6.48. The van der Waals surface area contributed by atoms with E-state index in [-0.39, 0.29) is 5.91 Å². The van der Waals surface area contributed by atoms with Gasteiger partial charge < -0.3 is 4.90 Å². The lowest BCUT2D eigenvalue weighted by Gasteiger charge is -2.17. The van der Waals surface area contributed by atoms with Crippen LogP contribution in [-0.4, -0.2) is 17.4 Å². The summed E-state index contributed by atoms with van der Waals surface area (Å²) < 4.78 is 0. The molecule has 1 fully saturated rings. The van der Waals surface area contributed by atoms with Crippen molar-refractivity contribution in [2.24, 2.45) is 5.92 Å². The summed E-state index contributed by atoms with van der Waals surface area (Å²) in [4.78, 5) is 13.7. The maximum atomic E-state index is 11.8. The van der Waals surface area contributed by atoms with Crippen LogP contribution in [0.1, 0.15) is 30.9 Å². The lowest BCUT2D eigenvalue weighted by Crippen LogP contribution is -2.24. The average molecular weight is 263 g/mol. The molecule has 94 valence electrons. The number of amides is 1. The van der Waals surface area contributed by atoms with Crippen molar-refractivity contribution >= 4 is 17.5 Å². The lowest BCUT2D eigenvalue weighted by atomic mass is 10.1. The topological polar surface area (TPSA) is 44.1 Å². The SMILES string of the molecule is CCC1CC(=O)N(Cc2ccc(C#N)cc2Cl)C1. The summed E-state index contributed by atoms with van der Waals surface area (Å²) in [6, 6.07) is 7.26. The second-order valence-electron chi connectivity index (χ2n) is 4.67.